The zero-order chi connectivity index (χ0) is 10.0. The van der Waals surface area contributed by atoms with E-state index in [2.05, 4.69) is 0 Å². The molecule has 0 aromatic heterocycles. The Morgan fingerprint density at radius 1 is 1.62 bits per heavy atom. The molecular weight excluding hydrogens is 170 g/mol. The van der Waals surface area contributed by atoms with Crippen molar-refractivity contribution in [1.82, 2.24) is 4.90 Å². The molecule has 1 saturated heterocycles. The lowest BCUT2D eigenvalue weighted by atomic mass is 10.1. The van der Waals surface area contributed by atoms with Crippen LogP contribution < -0.4 is 0 Å². The first-order valence-electron chi connectivity index (χ1n) is 4.54. The van der Waals surface area contributed by atoms with Gasteiger partial charge in [0.05, 0.1) is 0 Å². The smallest absolute Gasteiger partial charge is 0.232 e. The highest BCUT2D eigenvalue weighted by atomic mass is 16.3. The van der Waals surface area contributed by atoms with Crippen LogP contribution in [0.4, 0.5) is 0 Å². The summed E-state index contributed by atoms with van der Waals surface area (Å²) in [5.74, 6) is -0.405. The Bertz CT molecular complexity index is 227. The average Bonchev–Trinajstić information content (AvgIpc) is 2.27. The van der Waals surface area contributed by atoms with Crippen LogP contribution >= 0.6 is 0 Å². The molecule has 1 fully saturated rings. The first-order chi connectivity index (χ1) is 6.07. The minimum atomic E-state index is -0.186. The number of aliphatic hydroxyl groups is 1. The molecule has 0 saturated carbocycles. The minimum Gasteiger partial charge on any atom is -0.396 e. The zero-order valence-corrected chi connectivity index (χ0v) is 7.99. The van der Waals surface area contributed by atoms with Gasteiger partial charge in [0.1, 0.15) is 0 Å². The third-order valence-electron chi connectivity index (χ3n) is 2.40. The van der Waals surface area contributed by atoms with Gasteiger partial charge in [0.2, 0.25) is 11.8 Å². The van der Waals surface area contributed by atoms with E-state index in [0.717, 1.165) is 0 Å². The molecule has 74 valence electrons. The van der Waals surface area contributed by atoms with Crippen LogP contribution in [-0.4, -0.2) is 34.5 Å². The average molecular weight is 185 g/mol. The Kier molecular flexibility index (Phi) is 3.03. The molecule has 2 unspecified atom stereocenters. The molecule has 0 aromatic rings. The largest absolute Gasteiger partial charge is 0.396 e. The summed E-state index contributed by atoms with van der Waals surface area (Å²) in [5, 5.41) is 8.69. The standard InChI is InChI=1S/C9H15NO3/c1-6-5-8(12)10(9(6)13)7(2)3-4-11/h6-7,11H,3-5H2,1-2H3. The molecule has 4 nitrogen and oxygen atoms in total. The van der Waals surface area contributed by atoms with E-state index in [4.69, 9.17) is 5.11 Å². The Hall–Kier alpha value is -0.900. The van der Waals surface area contributed by atoms with Crippen LogP contribution in [-0.2, 0) is 9.59 Å². The SMILES string of the molecule is CC1CC(=O)N(C(C)CCO)C1=O. The Morgan fingerprint density at radius 2 is 2.23 bits per heavy atom. The maximum atomic E-state index is 11.5. The summed E-state index contributed by atoms with van der Waals surface area (Å²) in [4.78, 5) is 24.1. The van der Waals surface area contributed by atoms with Gasteiger partial charge in [0, 0.05) is 25.0 Å². The highest BCUT2D eigenvalue weighted by Gasteiger charge is 2.37. The predicted octanol–water partition coefficient (Wildman–Crippen LogP) is 0.152. The summed E-state index contributed by atoms with van der Waals surface area (Å²) in [6.07, 6.45) is 0.777. The molecule has 1 aliphatic heterocycles. The summed E-state index contributed by atoms with van der Waals surface area (Å²) in [7, 11) is 0. The van der Waals surface area contributed by atoms with Crippen molar-refractivity contribution in [2.75, 3.05) is 6.61 Å². The molecular formula is C9H15NO3. The topological polar surface area (TPSA) is 57.6 Å². The molecule has 0 aliphatic carbocycles. The van der Waals surface area contributed by atoms with Gasteiger partial charge in [-0.2, -0.15) is 0 Å². The number of carbonyl (C=O) groups is 2. The van der Waals surface area contributed by atoms with Crippen molar-refractivity contribution in [2.45, 2.75) is 32.7 Å². The number of nitrogens with zero attached hydrogens (tertiary/aromatic N) is 1. The molecule has 4 heteroatoms. The molecule has 2 amide bonds. The lowest BCUT2D eigenvalue weighted by molar-refractivity contribution is -0.141. The lowest BCUT2D eigenvalue weighted by Crippen LogP contribution is -2.38. The number of hydrogen-bond donors (Lipinski definition) is 1. The normalized spacial score (nSPS) is 25.5. The van der Waals surface area contributed by atoms with E-state index in [1.807, 2.05) is 0 Å². The van der Waals surface area contributed by atoms with Crippen molar-refractivity contribution >= 4 is 11.8 Å². The molecule has 0 spiro atoms. The van der Waals surface area contributed by atoms with Gasteiger partial charge in [-0.25, -0.2) is 0 Å². The molecule has 13 heavy (non-hydrogen) atoms. The van der Waals surface area contributed by atoms with Crippen LogP contribution in [0.1, 0.15) is 26.7 Å². The van der Waals surface area contributed by atoms with Gasteiger partial charge in [-0.15, -0.1) is 0 Å². The van der Waals surface area contributed by atoms with Crippen molar-refractivity contribution in [2.24, 2.45) is 5.92 Å². The highest BCUT2D eigenvalue weighted by Crippen LogP contribution is 2.22. The molecule has 1 heterocycles. The van der Waals surface area contributed by atoms with E-state index in [1.165, 1.54) is 4.90 Å². The predicted molar refractivity (Wildman–Crippen MR) is 46.8 cm³/mol. The summed E-state index contributed by atoms with van der Waals surface area (Å²) in [5.41, 5.74) is 0. The van der Waals surface area contributed by atoms with E-state index in [-0.39, 0.29) is 30.4 Å². The molecule has 1 N–H and O–H groups in total. The van der Waals surface area contributed by atoms with E-state index in [9.17, 15) is 9.59 Å². The fourth-order valence-electron chi connectivity index (χ4n) is 1.59. The van der Waals surface area contributed by atoms with Crippen LogP contribution in [0, 0.1) is 5.92 Å². The molecule has 2 atom stereocenters. The van der Waals surface area contributed by atoms with Gasteiger partial charge in [-0.3, -0.25) is 14.5 Å². The van der Waals surface area contributed by atoms with E-state index in [0.29, 0.717) is 12.8 Å². The van der Waals surface area contributed by atoms with Gasteiger partial charge in [-0.05, 0) is 13.3 Å². The van der Waals surface area contributed by atoms with E-state index >= 15 is 0 Å². The van der Waals surface area contributed by atoms with Crippen LogP contribution in [0.15, 0.2) is 0 Å². The van der Waals surface area contributed by atoms with Crippen LogP contribution in [0.3, 0.4) is 0 Å². The number of carbonyl (C=O) groups excluding carboxylic acids is 2. The Morgan fingerprint density at radius 3 is 2.62 bits per heavy atom. The second-order valence-electron chi connectivity index (χ2n) is 3.57. The van der Waals surface area contributed by atoms with Crippen molar-refractivity contribution in [1.29, 1.82) is 0 Å². The summed E-state index contributed by atoms with van der Waals surface area (Å²) >= 11 is 0. The third kappa shape index (κ3) is 1.88. The molecule has 0 radical (unpaired) electrons. The van der Waals surface area contributed by atoms with Crippen LogP contribution in [0.25, 0.3) is 0 Å². The number of likely N-dealkylation sites (tertiary alicyclic amines) is 1. The highest BCUT2D eigenvalue weighted by molar-refractivity contribution is 6.03. The van der Waals surface area contributed by atoms with Gasteiger partial charge in [-0.1, -0.05) is 6.92 Å². The van der Waals surface area contributed by atoms with Crippen LogP contribution in [0.5, 0.6) is 0 Å². The number of imide groups is 1. The number of amides is 2. The fraction of sp³-hybridized carbons (Fsp3) is 0.778. The summed E-state index contributed by atoms with van der Waals surface area (Å²) < 4.78 is 0. The quantitative estimate of drug-likeness (QED) is 0.637. The maximum absolute atomic E-state index is 11.5. The van der Waals surface area contributed by atoms with Gasteiger partial charge >= 0.3 is 0 Å². The van der Waals surface area contributed by atoms with Gasteiger partial charge in [0.15, 0.2) is 0 Å². The molecule has 0 bridgehead atoms. The number of aliphatic hydroxyl groups excluding tert-OH is 1. The lowest BCUT2D eigenvalue weighted by Gasteiger charge is -2.21. The summed E-state index contributed by atoms with van der Waals surface area (Å²) in [6.45, 7) is 3.54. The minimum absolute atomic E-state index is 0.00656. The maximum Gasteiger partial charge on any atom is 0.232 e. The van der Waals surface area contributed by atoms with Crippen LogP contribution in [0.2, 0.25) is 0 Å². The van der Waals surface area contributed by atoms with Crippen molar-refractivity contribution < 1.29 is 14.7 Å². The van der Waals surface area contributed by atoms with Gasteiger partial charge in [0.25, 0.3) is 0 Å². The van der Waals surface area contributed by atoms with Crippen molar-refractivity contribution in [3.05, 3.63) is 0 Å². The van der Waals surface area contributed by atoms with E-state index in [1.54, 1.807) is 13.8 Å². The first-order valence-corrected chi connectivity index (χ1v) is 4.54. The Labute approximate surface area is 77.5 Å². The number of rotatable bonds is 3. The molecule has 1 rings (SSSR count). The van der Waals surface area contributed by atoms with Gasteiger partial charge < -0.3 is 5.11 Å². The molecule has 1 aliphatic rings. The van der Waals surface area contributed by atoms with E-state index < -0.39 is 0 Å². The van der Waals surface area contributed by atoms with Crippen molar-refractivity contribution in [3.63, 3.8) is 0 Å². The summed E-state index contributed by atoms with van der Waals surface area (Å²) in [6, 6.07) is -0.171. The Balaban J connectivity index is 2.68. The monoisotopic (exact) mass is 185 g/mol. The third-order valence-corrected chi connectivity index (χ3v) is 2.40. The zero-order valence-electron chi connectivity index (χ0n) is 7.99. The first kappa shape index (κ1) is 10.2. The van der Waals surface area contributed by atoms with Crippen molar-refractivity contribution in [3.8, 4) is 0 Å². The molecule has 0 aromatic carbocycles. The number of hydrogen-bond acceptors (Lipinski definition) is 3. The second kappa shape index (κ2) is 3.87. The second-order valence-corrected chi connectivity index (χ2v) is 3.57. The fourth-order valence-corrected chi connectivity index (χ4v) is 1.59.